The normalized spacial score (nSPS) is 12.9. The average molecular weight is 222 g/mol. The highest BCUT2D eigenvalue weighted by atomic mass is 16.3. The molecule has 0 aromatic carbocycles. The predicted molar refractivity (Wildman–Crippen MR) is 63.9 cm³/mol. The molecule has 0 aliphatic heterocycles. The molecule has 0 unspecified atom stereocenters. The molecule has 1 N–H and O–H groups in total. The third-order valence-corrected chi connectivity index (χ3v) is 2.18. The van der Waals surface area contributed by atoms with E-state index < -0.39 is 0 Å². The van der Waals surface area contributed by atoms with Gasteiger partial charge in [-0.2, -0.15) is 0 Å². The summed E-state index contributed by atoms with van der Waals surface area (Å²) in [5.41, 5.74) is 0. The summed E-state index contributed by atoms with van der Waals surface area (Å²) in [7, 11) is 3.50. The Balaban J connectivity index is 2.28. The van der Waals surface area contributed by atoms with Gasteiger partial charge in [0.2, 0.25) is 5.91 Å². The van der Waals surface area contributed by atoms with Crippen LogP contribution in [0.4, 0.5) is 0 Å². The van der Waals surface area contributed by atoms with Crippen LogP contribution < -0.4 is 5.32 Å². The molecule has 0 bridgehead atoms. The van der Waals surface area contributed by atoms with Crippen LogP contribution in [0, 0.1) is 0 Å². The second kappa shape index (κ2) is 6.12. The van der Waals surface area contributed by atoms with Gasteiger partial charge in [-0.15, -0.1) is 0 Å². The Morgan fingerprint density at radius 1 is 1.62 bits per heavy atom. The highest BCUT2D eigenvalue weighted by Crippen LogP contribution is 2.01. The molecule has 1 heterocycles. The highest BCUT2D eigenvalue weighted by molar-refractivity contribution is 5.80. The maximum atomic E-state index is 11.5. The van der Waals surface area contributed by atoms with Crippen molar-refractivity contribution in [3.05, 3.63) is 30.2 Å². The monoisotopic (exact) mass is 222 g/mol. The fraction of sp³-hybridized carbons (Fsp3) is 0.417. The molecule has 0 saturated carbocycles. The number of likely N-dealkylation sites (N-methyl/N-ethyl adjacent to an activating group) is 1. The Labute approximate surface area is 95.9 Å². The zero-order valence-electron chi connectivity index (χ0n) is 9.93. The maximum Gasteiger partial charge on any atom is 0.238 e. The van der Waals surface area contributed by atoms with Crippen molar-refractivity contribution in [1.82, 2.24) is 10.2 Å². The van der Waals surface area contributed by atoms with Crippen LogP contribution in [0.25, 0.3) is 6.08 Å². The Kier molecular flexibility index (Phi) is 4.79. The minimum Gasteiger partial charge on any atom is -0.465 e. The van der Waals surface area contributed by atoms with Crippen molar-refractivity contribution in [3.63, 3.8) is 0 Å². The van der Waals surface area contributed by atoms with E-state index in [-0.39, 0.29) is 11.9 Å². The van der Waals surface area contributed by atoms with Gasteiger partial charge < -0.3 is 14.6 Å². The van der Waals surface area contributed by atoms with Gasteiger partial charge in [-0.3, -0.25) is 4.79 Å². The van der Waals surface area contributed by atoms with Crippen LogP contribution in [0.3, 0.4) is 0 Å². The quantitative estimate of drug-likeness (QED) is 0.818. The molecule has 1 amide bonds. The maximum absolute atomic E-state index is 11.5. The number of nitrogens with one attached hydrogen (secondary N) is 1. The summed E-state index contributed by atoms with van der Waals surface area (Å²) < 4.78 is 5.14. The molecule has 1 atom stereocenters. The molecule has 1 aromatic heterocycles. The lowest BCUT2D eigenvalue weighted by atomic mass is 10.3. The van der Waals surface area contributed by atoms with Gasteiger partial charge in [0.25, 0.3) is 0 Å². The molecule has 0 aliphatic carbocycles. The van der Waals surface area contributed by atoms with Crippen LogP contribution in [0.15, 0.2) is 28.9 Å². The Bertz CT molecular complexity index is 342. The zero-order valence-corrected chi connectivity index (χ0v) is 9.93. The number of carbonyl (C=O) groups is 1. The van der Waals surface area contributed by atoms with Crippen molar-refractivity contribution in [2.24, 2.45) is 0 Å². The molecule has 0 radical (unpaired) electrons. The number of carbonyl (C=O) groups excluding carboxylic acids is 1. The first-order valence-corrected chi connectivity index (χ1v) is 5.26. The molecular formula is C12H18N2O2. The Hall–Kier alpha value is -1.55. The number of hydrogen-bond donors (Lipinski definition) is 1. The number of hydrogen-bond acceptors (Lipinski definition) is 3. The summed E-state index contributed by atoms with van der Waals surface area (Å²) in [6.07, 6.45) is 5.43. The summed E-state index contributed by atoms with van der Waals surface area (Å²) in [4.78, 5) is 13.1. The highest BCUT2D eigenvalue weighted by Gasteiger charge is 2.12. The summed E-state index contributed by atoms with van der Waals surface area (Å²) in [5.74, 6) is 0.889. The van der Waals surface area contributed by atoms with E-state index in [0.717, 1.165) is 5.76 Å². The van der Waals surface area contributed by atoms with E-state index in [9.17, 15) is 4.79 Å². The van der Waals surface area contributed by atoms with Gasteiger partial charge in [0.05, 0.1) is 12.3 Å². The van der Waals surface area contributed by atoms with Crippen molar-refractivity contribution in [1.29, 1.82) is 0 Å². The molecule has 0 saturated heterocycles. The van der Waals surface area contributed by atoms with Crippen molar-refractivity contribution < 1.29 is 9.21 Å². The first-order valence-electron chi connectivity index (χ1n) is 5.26. The van der Waals surface area contributed by atoms with Gasteiger partial charge in [0.15, 0.2) is 0 Å². The summed E-state index contributed by atoms with van der Waals surface area (Å²) in [6.45, 7) is 2.49. The van der Waals surface area contributed by atoms with E-state index in [4.69, 9.17) is 4.42 Å². The average Bonchev–Trinajstić information content (AvgIpc) is 2.75. The first-order chi connectivity index (χ1) is 7.61. The van der Waals surface area contributed by atoms with Gasteiger partial charge in [0.1, 0.15) is 5.76 Å². The predicted octanol–water partition coefficient (Wildman–Crippen LogP) is 1.36. The summed E-state index contributed by atoms with van der Waals surface area (Å²) in [6, 6.07) is 3.55. The molecule has 88 valence electrons. The Morgan fingerprint density at radius 3 is 2.94 bits per heavy atom. The molecule has 4 nitrogen and oxygen atoms in total. The van der Waals surface area contributed by atoms with Gasteiger partial charge in [-0.1, -0.05) is 6.08 Å². The van der Waals surface area contributed by atoms with E-state index in [1.54, 1.807) is 25.3 Å². The third kappa shape index (κ3) is 3.90. The van der Waals surface area contributed by atoms with Crippen LogP contribution in [-0.4, -0.2) is 37.5 Å². The lowest BCUT2D eigenvalue weighted by molar-refractivity contribution is -0.130. The second-order valence-corrected chi connectivity index (χ2v) is 3.78. The molecule has 0 spiro atoms. The van der Waals surface area contributed by atoms with Crippen LogP contribution in [0.2, 0.25) is 0 Å². The fourth-order valence-electron chi connectivity index (χ4n) is 1.28. The number of furan rings is 1. The number of nitrogens with zero attached hydrogens (tertiary/aromatic N) is 1. The standard InChI is InChI=1S/C12H18N2O2/c1-10(12(15)14(2)3)13-8-4-6-11-7-5-9-16-11/h4-7,9-10,13H,8H2,1-3H3/b6-4+/t10-/m1/s1. The van der Waals surface area contributed by atoms with E-state index in [1.165, 1.54) is 0 Å². The van der Waals surface area contributed by atoms with Crippen molar-refractivity contribution >= 4 is 12.0 Å². The van der Waals surface area contributed by atoms with Crippen LogP contribution in [-0.2, 0) is 4.79 Å². The molecule has 1 rings (SSSR count). The van der Waals surface area contributed by atoms with E-state index >= 15 is 0 Å². The fourth-order valence-corrected chi connectivity index (χ4v) is 1.28. The van der Waals surface area contributed by atoms with Crippen LogP contribution >= 0.6 is 0 Å². The molecule has 0 aliphatic rings. The van der Waals surface area contributed by atoms with Gasteiger partial charge in [-0.05, 0) is 25.1 Å². The van der Waals surface area contributed by atoms with Crippen molar-refractivity contribution in [2.45, 2.75) is 13.0 Å². The van der Waals surface area contributed by atoms with Gasteiger partial charge in [-0.25, -0.2) is 0 Å². The SMILES string of the molecule is C[C@@H](NC/C=C/c1ccco1)C(=O)N(C)C. The molecule has 0 fully saturated rings. The number of amides is 1. The zero-order chi connectivity index (χ0) is 12.0. The summed E-state index contributed by atoms with van der Waals surface area (Å²) in [5, 5.41) is 3.11. The molecule has 4 heteroatoms. The van der Waals surface area contributed by atoms with Gasteiger partial charge in [0, 0.05) is 20.6 Å². The molecule has 1 aromatic rings. The molecule has 16 heavy (non-hydrogen) atoms. The van der Waals surface area contributed by atoms with Gasteiger partial charge >= 0.3 is 0 Å². The topological polar surface area (TPSA) is 45.5 Å². The minimum absolute atomic E-state index is 0.0754. The van der Waals surface area contributed by atoms with E-state index in [1.807, 2.05) is 31.2 Å². The minimum atomic E-state index is -0.170. The second-order valence-electron chi connectivity index (χ2n) is 3.78. The van der Waals surface area contributed by atoms with Crippen molar-refractivity contribution in [3.8, 4) is 0 Å². The van der Waals surface area contributed by atoms with E-state index in [0.29, 0.717) is 6.54 Å². The largest absolute Gasteiger partial charge is 0.465 e. The van der Waals surface area contributed by atoms with Crippen molar-refractivity contribution in [2.75, 3.05) is 20.6 Å². The number of rotatable bonds is 5. The summed E-state index contributed by atoms with van der Waals surface area (Å²) >= 11 is 0. The lowest BCUT2D eigenvalue weighted by Crippen LogP contribution is -2.41. The lowest BCUT2D eigenvalue weighted by Gasteiger charge is -2.16. The smallest absolute Gasteiger partial charge is 0.238 e. The van der Waals surface area contributed by atoms with Crippen LogP contribution in [0.5, 0.6) is 0 Å². The molecular weight excluding hydrogens is 204 g/mol. The Morgan fingerprint density at radius 2 is 2.38 bits per heavy atom. The third-order valence-electron chi connectivity index (χ3n) is 2.18. The van der Waals surface area contributed by atoms with E-state index in [2.05, 4.69) is 5.32 Å². The first kappa shape index (κ1) is 12.5. The van der Waals surface area contributed by atoms with Crippen LogP contribution in [0.1, 0.15) is 12.7 Å².